The van der Waals surface area contributed by atoms with Gasteiger partial charge in [-0.1, -0.05) is 60.5 Å². The minimum absolute atomic E-state index is 0.0768. The third-order valence-corrected chi connectivity index (χ3v) is 7.14. The Bertz CT molecular complexity index is 992. The van der Waals surface area contributed by atoms with Gasteiger partial charge in [0.05, 0.1) is 5.82 Å². The molecule has 2 aliphatic heterocycles. The molecule has 0 spiro atoms. The zero-order valence-corrected chi connectivity index (χ0v) is 22.6. The molecule has 36 heavy (non-hydrogen) atoms. The number of anilines is 2. The number of rotatable bonds is 6. The van der Waals surface area contributed by atoms with E-state index in [1.165, 1.54) is 54.9 Å². The Morgan fingerprint density at radius 3 is 1.81 bits per heavy atom. The molecule has 4 rings (SSSR count). The van der Waals surface area contributed by atoms with Gasteiger partial charge in [-0.3, -0.25) is 4.79 Å². The summed E-state index contributed by atoms with van der Waals surface area (Å²) < 4.78 is 0. The van der Waals surface area contributed by atoms with Gasteiger partial charge in [-0.15, -0.1) is 0 Å². The first-order valence-electron chi connectivity index (χ1n) is 13.4. The highest BCUT2D eigenvalue weighted by atomic mass is 16.2. The van der Waals surface area contributed by atoms with Crippen LogP contribution in [0.1, 0.15) is 50.2 Å². The molecule has 2 aromatic carbocycles. The second-order valence-electron chi connectivity index (χ2n) is 9.91. The molecule has 0 aromatic heterocycles. The van der Waals surface area contributed by atoms with Crippen LogP contribution < -0.4 is 20.4 Å². The summed E-state index contributed by atoms with van der Waals surface area (Å²) in [5, 5.41) is 5.64. The number of benzene rings is 2. The Balaban J connectivity index is 0.000000205. The van der Waals surface area contributed by atoms with E-state index >= 15 is 0 Å². The summed E-state index contributed by atoms with van der Waals surface area (Å²) in [5.41, 5.74) is 6.88. The van der Waals surface area contributed by atoms with Gasteiger partial charge in [-0.2, -0.15) is 0 Å². The molecule has 0 aliphatic carbocycles. The molecule has 2 fully saturated rings. The number of hydrogen-bond donors (Lipinski definition) is 2. The number of carbonyl (C=O) groups is 1. The summed E-state index contributed by atoms with van der Waals surface area (Å²) in [6.07, 6.45) is 7.82. The van der Waals surface area contributed by atoms with Crippen molar-refractivity contribution in [3.8, 4) is 0 Å². The Hall–Kier alpha value is -3.21. The quantitative estimate of drug-likeness (QED) is 0.493. The SMILES string of the molecule is C=C(NC)NC(=O)C1CCN(c2ccc(C)cc2)CC1.CCC=C1CCN(c2ccc(C)cc2)CC1. The van der Waals surface area contributed by atoms with Crippen LogP contribution in [0.5, 0.6) is 0 Å². The van der Waals surface area contributed by atoms with Crippen molar-refractivity contribution in [2.75, 3.05) is 43.0 Å². The van der Waals surface area contributed by atoms with Gasteiger partial charge >= 0.3 is 0 Å². The number of allylic oxidation sites excluding steroid dienone is 1. The molecule has 2 N–H and O–H groups in total. The van der Waals surface area contributed by atoms with Crippen molar-refractivity contribution < 1.29 is 4.79 Å². The zero-order valence-electron chi connectivity index (χ0n) is 22.6. The van der Waals surface area contributed by atoms with Gasteiger partial charge in [0, 0.05) is 50.5 Å². The molecule has 0 bridgehead atoms. The van der Waals surface area contributed by atoms with E-state index in [2.05, 4.69) is 102 Å². The third kappa shape index (κ3) is 8.18. The maximum Gasteiger partial charge on any atom is 0.228 e. The number of hydrogen-bond acceptors (Lipinski definition) is 4. The summed E-state index contributed by atoms with van der Waals surface area (Å²) in [5.74, 6) is 0.727. The molecule has 194 valence electrons. The van der Waals surface area contributed by atoms with Gasteiger partial charge in [0.25, 0.3) is 0 Å². The van der Waals surface area contributed by atoms with E-state index in [9.17, 15) is 4.79 Å². The number of aryl methyl sites for hydroxylation is 2. The fourth-order valence-corrected chi connectivity index (χ4v) is 4.77. The van der Waals surface area contributed by atoms with Crippen LogP contribution in [0.2, 0.25) is 0 Å². The summed E-state index contributed by atoms with van der Waals surface area (Å²) in [4.78, 5) is 16.9. The Kier molecular flexibility index (Phi) is 10.5. The molecule has 0 radical (unpaired) electrons. The average molecular weight is 489 g/mol. The van der Waals surface area contributed by atoms with Crippen molar-refractivity contribution in [2.24, 2.45) is 5.92 Å². The van der Waals surface area contributed by atoms with E-state index < -0.39 is 0 Å². The predicted molar refractivity (Wildman–Crippen MR) is 153 cm³/mol. The zero-order chi connectivity index (χ0) is 25.9. The van der Waals surface area contributed by atoms with Crippen molar-refractivity contribution in [1.29, 1.82) is 0 Å². The van der Waals surface area contributed by atoms with E-state index in [-0.39, 0.29) is 11.8 Å². The molecule has 5 nitrogen and oxygen atoms in total. The number of amides is 1. The molecule has 2 aliphatic rings. The molecule has 0 saturated carbocycles. The van der Waals surface area contributed by atoms with E-state index in [1.807, 2.05) is 0 Å². The lowest BCUT2D eigenvalue weighted by molar-refractivity contribution is -0.124. The second kappa shape index (κ2) is 13.8. The molecular weight excluding hydrogens is 444 g/mol. The fraction of sp³-hybridized carbons (Fsp3) is 0.452. The van der Waals surface area contributed by atoms with Crippen molar-refractivity contribution in [1.82, 2.24) is 10.6 Å². The van der Waals surface area contributed by atoms with E-state index in [1.54, 1.807) is 12.6 Å². The van der Waals surface area contributed by atoms with Crippen molar-refractivity contribution in [3.63, 3.8) is 0 Å². The van der Waals surface area contributed by atoms with Gasteiger partial charge in [0.15, 0.2) is 0 Å². The molecule has 2 aromatic rings. The van der Waals surface area contributed by atoms with Crippen molar-refractivity contribution >= 4 is 17.3 Å². The third-order valence-electron chi connectivity index (χ3n) is 7.14. The highest BCUT2D eigenvalue weighted by Crippen LogP contribution is 2.24. The highest BCUT2D eigenvalue weighted by molar-refractivity contribution is 5.80. The first-order chi connectivity index (χ1) is 17.4. The van der Waals surface area contributed by atoms with Crippen LogP contribution in [0, 0.1) is 19.8 Å². The van der Waals surface area contributed by atoms with Crippen LogP contribution in [-0.4, -0.2) is 39.1 Å². The Morgan fingerprint density at radius 2 is 1.36 bits per heavy atom. The number of carbonyl (C=O) groups excluding carboxylic acids is 1. The van der Waals surface area contributed by atoms with Crippen LogP contribution in [-0.2, 0) is 4.79 Å². The van der Waals surface area contributed by atoms with Crippen LogP contribution in [0.25, 0.3) is 0 Å². The Morgan fingerprint density at radius 1 is 0.889 bits per heavy atom. The van der Waals surface area contributed by atoms with Gasteiger partial charge < -0.3 is 20.4 Å². The standard InChI is InChI=1S/C16H23N3O.C15H21N/c1-12-4-6-15(7-5-12)19-10-8-14(9-11-19)16(20)18-13(2)17-3;1-3-4-14-9-11-16(12-10-14)15-7-5-13(2)6-8-15/h4-7,14,17H,2,8-11H2,1,3H3,(H,18,20);4-8H,3,9-12H2,1-2H3. The lowest BCUT2D eigenvalue weighted by atomic mass is 9.95. The highest BCUT2D eigenvalue weighted by Gasteiger charge is 2.25. The lowest BCUT2D eigenvalue weighted by Gasteiger charge is -2.33. The topological polar surface area (TPSA) is 47.6 Å². The molecule has 5 heteroatoms. The number of piperidine rings is 2. The molecule has 2 saturated heterocycles. The molecule has 2 heterocycles. The second-order valence-corrected chi connectivity index (χ2v) is 9.91. The lowest BCUT2D eigenvalue weighted by Crippen LogP contribution is -2.41. The minimum atomic E-state index is 0.0768. The van der Waals surface area contributed by atoms with Gasteiger partial charge in [-0.05, 0) is 70.2 Å². The smallest absolute Gasteiger partial charge is 0.228 e. The summed E-state index contributed by atoms with van der Waals surface area (Å²) in [6, 6.07) is 17.4. The van der Waals surface area contributed by atoms with E-state index in [0.29, 0.717) is 5.82 Å². The van der Waals surface area contributed by atoms with Gasteiger partial charge in [0.1, 0.15) is 0 Å². The van der Waals surface area contributed by atoms with Gasteiger partial charge in [0.2, 0.25) is 5.91 Å². The van der Waals surface area contributed by atoms with Crippen LogP contribution in [0.4, 0.5) is 11.4 Å². The van der Waals surface area contributed by atoms with Crippen LogP contribution in [0.3, 0.4) is 0 Å². The number of nitrogens with zero attached hydrogens (tertiary/aromatic N) is 2. The predicted octanol–water partition coefficient (Wildman–Crippen LogP) is 5.95. The van der Waals surface area contributed by atoms with E-state index in [0.717, 1.165) is 25.9 Å². The monoisotopic (exact) mass is 488 g/mol. The van der Waals surface area contributed by atoms with Crippen molar-refractivity contribution in [3.05, 3.63) is 83.7 Å². The van der Waals surface area contributed by atoms with Crippen LogP contribution >= 0.6 is 0 Å². The molecule has 1 amide bonds. The summed E-state index contributed by atoms with van der Waals surface area (Å²) in [7, 11) is 1.75. The maximum absolute atomic E-state index is 12.0. The number of nitrogens with one attached hydrogen (secondary N) is 2. The average Bonchev–Trinajstić information content (AvgIpc) is 2.91. The first-order valence-corrected chi connectivity index (χ1v) is 13.4. The van der Waals surface area contributed by atoms with Gasteiger partial charge in [-0.25, -0.2) is 0 Å². The fourth-order valence-electron chi connectivity index (χ4n) is 4.77. The van der Waals surface area contributed by atoms with E-state index in [4.69, 9.17) is 0 Å². The molecule has 0 atom stereocenters. The maximum atomic E-state index is 12.0. The largest absolute Gasteiger partial charge is 0.375 e. The molecule has 0 unspecified atom stereocenters. The van der Waals surface area contributed by atoms with Crippen molar-refractivity contribution in [2.45, 2.75) is 52.9 Å². The first kappa shape index (κ1) is 27.4. The normalized spacial score (nSPS) is 16.1. The summed E-state index contributed by atoms with van der Waals surface area (Å²) >= 11 is 0. The van der Waals surface area contributed by atoms with Crippen LogP contribution in [0.15, 0.2) is 72.6 Å². The summed E-state index contributed by atoms with van der Waals surface area (Å²) in [6.45, 7) is 14.4. The molecular formula is C31H44N4O. The minimum Gasteiger partial charge on any atom is -0.375 e. The Labute approximate surface area is 218 Å².